The summed E-state index contributed by atoms with van der Waals surface area (Å²) in [6, 6.07) is -1.92. The molecule has 3 N–H and O–H groups in total. The molecule has 2 amide bonds. The van der Waals surface area contributed by atoms with Gasteiger partial charge in [0, 0.05) is 6.42 Å². The summed E-state index contributed by atoms with van der Waals surface area (Å²) in [5, 5.41) is 14.0. The Bertz CT molecular complexity index is 436. The quantitative estimate of drug-likeness (QED) is 0.541. The predicted octanol–water partition coefficient (Wildman–Crippen LogP) is -0.576. The van der Waals surface area contributed by atoms with Crippen LogP contribution in [-0.2, 0) is 23.9 Å². The zero-order valence-electron chi connectivity index (χ0n) is 12.0. The topological polar surface area (TPSA) is 122 Å². The van der Waals surface area contributed by atoms with E-state index < -0.39 is 35.8 Å². The van der Waals surface area contributed by atoms with Crippen LogP contribution in [0.25, 0.3) is 0 Å². The lowest BCUT2D eigenvalue weighted by molar-refractivity contribution is -0.147. The zero-order valence-corrected chi connectivity index (χ0v) is 12.0. The molecule has 0 unspecified atom stereocenters. The second-order valence-electron chi connectivity index (χ2n) is 4.97. The Kier molecular flexibility index (Phi) is 6.13. The van der Waals surface area contributed by atoms with Crippen molar-refractivity contribution >= 4 is 23.8 Å². The average Bonchev–Trinajstić information content (AvgIpc) is 2.82. The fourth-order valence-electron chi connectivity index (χ4n) is 2.11. The number of hydrogen-bond acceptors (Lipinski definition) is 5. The summed E-state index contributed by atoms with van der Waals surface area (Å²) >= 11 is 0. The van der Waals surface area contributed by atoms with Crippen LogP contribution in [0.4, 0.5) is 0 Å². The van der Waals surface area contributed by atoms with Crippen LogP contribution in [0.5, 0.6) is 0 Å². The number of esters is 1. The van der Waals surface area contributed by atoms with Crippen molar-refractivity contribution in [3.63, 3.8) is 0 Å². The van der Waals surface area contributed by atoms with Crippen LogP contribution in [0.15, 0.2) is 0 Å². The number of carbonyl (C=O) groups excluding carboxylic acids is 3. The van der Waals surface area contributed by atoms with Crippen LogP contribution >= 0.6 is 0 Å². The van der Waals surface area contributed by atoms with E-state index in [-0.39, 0.29) is 25.4 Å². The maximum absolute atomic E-state index is 11.9. The highest BCUT2D eigenvalue weighted by Crippen LogP contribution is 2.12. The first-order valence-corrected chi connectivity index (χ1v) is 6.83. The summed E-state index contributed by atoms with van der Waals surface area (Å²) in [5.41, 5.74) is 0. The number of aliphatic carboxylic acids is 1. The molecule has 0 saturated carbocycles. The number of rotatable bonds is 7. The standard InChI is InChI=1S/C13H20N2O6/c1-3-21-10(17)6-7(2)11(13(19)20)15-12(18)8-4-5-9(16)14-8/h7-8,11H,3-6H2,1-2H3,(H,14,16)(H,15,18)(H,19,20)/t7-,8+,11+/m1/s1. The first-order chi connectivity index (χ1) is 9.85. The number of nitrogens with one attached hydrogen (secondary N) is 2. The molecule has 0 bridgehead atoms. The van der Waals surface area contributed by atoms with Gasteiger partial charge in [-0.1, -0.05) is 6.92 Å². The van der Waals surface area contributed by atoms with Crippen LogP contribution in [0, 0.1) is 5.92 Å². The smallest absolute Gasteiger partial charge is 0.326 e. The normalized spacial score (nSPS) is 20.3. The van der Waals surface area contributed by atoms with E-state index in [0.29, 0.717) is 6.42 Å². The third-order valence-corrected chi connectivity index (χ3v) is 3.24. The van der Waals surface area contributed by atoms with Gasteiger partial charge in [-0.2, -0.15) is 0 Å². The monoisotopic (exact) mass is 300 g/mol. The Labute approximate surface area is 122 Å². The SMILES string of the molecule is CCOC(=O)C[C@@H](C)[C@H](NC(=O)[C@@H]1CCC(=O)N1)C(=O)O. The Hall–Kier alpha value is -2.12. The molecule has 1 saturated heterocycles. The lowest BCUT2D eigenvalue weighted by Gasteiger charge is -2.22. The number of ether oxygens (including phenoxy) is 1. The van der Waals surface area contributed by atoms with Gasteiger partial charge in [-0.05, 0) is 19.3 Å². The fourth-order valence-corrected chi connectivity index (χ4v) is 2.11. The van der Waals surface area contributed by atoms with Gasteiger partial charge in [-0.3, -0.25) is 14.4 Å². The molecule has 0 aliphatic carbocycles. The van der Waals surface area contributed by atoms with Gasteiger partial charge < -0.3 is 20.5 Å². The minimum absolute atomic E-state index is 0.109. The lowest BCUT2D eigenvalue weighted by atomic mass is 9.98. The van der Waals surface area contributed by atoms with Crippen molar-refractivity contribution in [1.82, 2.24) is 10.6 Å². The van der Waals surface area contributed by atoms with Crippen molar-refractivity contribution in [2.24, 2.45) is 5.92 Å². The molecule has 1 aliphatic heterocycles. The van der Waals surface area contributed by atoms with Gasteiger partial charge in [0.05, 0.1) is 13.0 Å². The van der Waals surface area contributed by atoms with Crippen molar-refractivity contribution in [2.45, 2.75) is 45.2 Å². The summed E-state index contributed by atoms with van der Waals surface area (Å²) in [5.74, 6) is -3.16. The van der Waals surface area contributed by atoms with Gasteiger partial charge in [0.25, 0.3) is 0 Å². The molecule has 0 spiro atoms. The van der Waals surface area contributed by atoms with Crippen molar-refractivity contribution in [3.8, 4) is 0 Å². The highest BCUT2D eigenvalue weighted by Gasteiger charge is 2.33. The molecule has 118 valence electrons. The maximum atomic E-state index is 11.9. The van der Waals surface area contributed by atoms with Crippen LogP contribution in [0.3, 0.4) is 0 Å². The molecule has 8 nitrogen and oxygen atoms in total. The van der Waals surface area contributed by atoms with E-state index in [1.54, 1.807) is 13.8 Å². The molecule has 1 aliphatic rings. The second kappa shape index (κ2) is 7.61. The highest BCUT2D eigenvalue weighted by molar-refractivity contribution is 5.93. The first-order valence-electron chi connectivity index (χ1n) is 6.83. The number of carbonyl (C=O) groups is 4. The van der Waals surface area contributed by atoms with Crippen molar-refractivity contribution in [3.05, 3.63) is 0 Å². The third-order valence-electron chi connectivity index (χ3n) is 3.24. The first kappa shape index (κ1) is 16.9. The van der Waals surface area contributed by atoms with Crippen LogP contribution in [0.2, 0.25) is 0 Å². The summed E-state index contributed by atoms with van der Waals surface area (Å²) in [4.78, 5) is 45.6. The number of amides is 2. The molecule has 0 radical (unpaired) electrons. The van der Waals surface area contributed by atoms with Gasteiger partial charge in [0.2, 0.25) is 11.8 Å². The molecule has 1 heterocycles. The Morgan fingerprint density at radius 1 is 1.48 bits per heavy atom. The average molecular weight is 300 g/mol. The Morgan fingerprint density at radius 2 is 2.14 bits per heavy atom. The fraction of sp³-hybridized carbons (Fsp3) is 0.692. The van der Waals surface area contributed by atoms with Gasteiger partial charge in [-0.25, -0.2) is 4.79 Å². The van der Waals surface area contributed by atoms with E-state index in [4.69, 9.17) is 4.74 Å². The van der Waals surface area contributed by atoms with Crippen molar-refractivity contribution in [2.75, 3.05) is 6.61 Å². The molecule has 1 fully saturated rings. The summed E-state index contributed by atoms with van der Waals surface area (Å²) in [6.45, 7) is 3.41. The van der Waals surface area contributed by atoms with Gasteiger partial charge in [0.15, 0.2) is 0 Å². The largest absolute Gasteiger partial charge is 0.480 e. The van der Waals surface area contributed by atoms with Gasteiger partial charge in [-0.15, -0.1) is 0 Å². The Morgan fingerprint density at radius 3 is 2.62 bits per heavy atom. The number of hydrogen-bond donors (Lipinski definition) is 3. The van der Waals surface area contributed by atoms with E-state index in [2.05, 4.69) is 10.6 Å². The van der Waals surface area contributed by atoms with Crippen LogP contribution in [-0.4, -0.2) is 47.6 Å². The molecule has 3 atom stereocenters. The summed E-state index contributed by atoms with van der Waals surface area (Å²) < 4.78 is 4.76. The summed E-state index contributed by atoms with van der Waals surface area (Å²) in [6.07, 6.45) is 0.472. The molecule has 0 aromatic carbocycles. The van der Waals surface area contributed by atoms with Gasteiger partial charge >= 0.3 is 11.9 Å². The number of carboxylic acid groups (broad SMARTS) is 1. The maximum Gasteiger partial charge on any atom is 0.326 e. The molecular formula is C13H20N2O6. The molecular weight excluding hydrogens is 280 g/mol. The predicted molar refractivity (Wildman–Crippen MR) is 71.1 cm³/mol. The third kappa shape index (κ3) is 5.05. The molecule has 21 heavy (non-hydrogen) atoms. The second-order valence-corrected chi connectivity index (χ2v) is 4.97. The molecule has 0 aromatic rings. The molecule has 8 heteroatoms. The van der Waals surface area contributed by atoms with Crippen LogP contribution < -0.4 is 10.6 Å². The Balaban J connectivity index is 2.60. The minimum Gasteiger partial charge on any atom is -0.480 e. The van der Waals surface area contributed by atoms with Gasteiger partial charge in [0.1, 0.15) is 12.1 Å². The van der Waals surface area contributed by atoms with Crippen LogP contribution in [0.1, 0.15) is 33.1 Å². The summed E-state index contributed by atoms with van der Waals surface area (Å²) in [7, 11) is 0. The van der Waals surface area contributed by atoms with Crippen molar-refractivity contribution < 1.29 is 29.0 Å². The van der Waals surface area contributed by atoms with E-state index in [9.17, 15) is 24.3 Å². The van der Waals surface area contributed by atoms with E-state index >= 15 is 0 Å². The van der Waals surface area contributed by atoms with E-state index in [0.717, 1.165) is 0 Å². The van der Waals surface area contributed by atoms with E-state index in [1.807, 2.05) is 0 Å². The molecule has 1 rings (SSSR count). The highest BCUT2D eigenvalue weighted by atomic mass is 16.5. The zero-order chi connectivity index (χ0) is 16.0. The lowest BCUT2D eigenvalue weighted by Crippen LogP contribution is -2.51. The molecule has 0 aromatic heterocycles. The minimum atomic E-state index is -1.23. The van der Waals surface area contributed by atoms with Crippen molar-refractivity contribution in [1.29, 1.82) is 0 Å². The van der Waals surface area contributed by atoms with E-state index in [1.165, 1.54) is 0 Å². The number of carboxylic acids is 1.